The van der Waals surface area contributed by atoms with Crippen LogP contribution in [0.25, 0.3) is 10.8 Å². The van der Waals surface area contributed by atoms with Crippen LogP contribution in [0, 0.1) is 23.7 Å². The van der Waals surface area contributed by atoms with Gasteiger partial charge in [0, 0.05) is 18.1 Å². The average molecular weight is 266 g/mol. The summed E-state index contributed by atoms with van der Waals surface area (Å²) in [7, 11) is 0. The maximum atomic E-state index is 10.9. The van der Waals surface area contributed by atoms with Crippen molar-refractivity contribution in [2.45, 2.75) is 6.42 Å². The third-order valence-electron chi connectivity index (χ3n) is 3.65. The van der Waals surface area contributed by atoms with Crippen molar-refractivity contribution in [2.24, 2.45) is 11.8 Å². The van der Waals surface area contributed by atoms with Gasteiger partial charge in [-0.15, -0.1) is 0 Å². The molecule has 1 aliphatic rings. The number of rotatable bonds is 2. The van der Waals surface area contributed by atoms with Gasteiger partial charge in [0.25, 0.3) is 0 Å². The molecule has 2 N–H and O–H groups in total. The largest absolute Gasteiger partial charge is 0.478 e. The second-order valence-corrected chi connectivity index (χ2v) is 5.14. The van der Waals surface area contributed by atoms with E-state index in [9.17, 15) is 4.79 Å². The van der Waals surface area contributed by atoms with E-state index in [1.54, 1.807) is 18.2 Å². The molecule has 1 aliphatic carbocycles. The van der Waals surface area contributed by atoms with Crippen LogP contribution in [0.15, 0.2) is 36.4 Å². The zero-order valence-corrected chi connectivity index (χ0v) is 10.8. The number of hydrogen-bond donors (Lipinski definition) is 2. The SMILES string of the molecule is O=C(O)c1ccc2cc(C#C[C@H]3CC3CO)ccc2c1. The van der Waals surface area contributed by atoms with Gasteiger partial charge in [-0.1, -0.05) is 24.0 Å². The Morgan fingerprint density at radius 1 is 1.20 bits per heavy atom. The summed E-state index contributed by atoms with van der Waals surface area (Å²) in [6.07, 6.45) is 0.985. The first-order valence-electron chi connectivity index (χ1n) is 6.57. The van der Waals surface area contributed by atoms with Gasteiger partial charge in [-0.3, -0.25) is 0 Å². The maximum absolute atomic E-state index is 10.9. The standard InChI is InChI=1S/C17H14O3/c18-10-16-9-14(16)4-2-11-1-3-13-8-15(17(19)20)6-5-12(13)7-11/h1,3,5-8,14,16,18H,9-10H2,(H,19,20)/t14-,16?/m0/s1. The number of aliphatic hydroxyl groups excluding tert-OH is 1. The minimum atomic E-state index is -0.917. The zero-order chi connectivity index (χ0) is 14.1. The van der Waals surface area contributed by atoms with Crippen molar-refractivity contribution < 1.29 is 15.0 Å². The quantitative estimate of drug-likeness (QED) is 0.821. The molecular weight excluding hydrogens is 252 g/mol. The Morgan fingerprint density at radius 3 is 2.65 bits per heavy atom. The predicted molar refractivity (Wildman–Crippen MR) is 76.5 cm³/mol. The summed E-state index contributed by atoms with van der Waals surface area (Å²) in [5, 5.41) is 19.8. The smallest absolute Gasteiger partial charge is 0.335 e. The molecule has 0 amide bonds. The minimum Gasteiger partial charge on any atom is -0.478 e. The normalized spacial score (nSPS) is 20.2. The summed E-state index contributed by atoms with van der Waals surface area (Å²) >= 11 is 0. The molecule has 0 aromatic heterocycles. The van der Waals surface area contributed by atoms with E-state index in [1.807, 2.05) is 18.2 Å². The molecule has 100 valence electrons. The monoisotopic (exact) mass is 266 g/mol. The van der Waals surface area contributed by atoms with Crippen molar-refractivity contribution >= 4 is 16.7 Å². The highest BCUT2D eigenvalue weighted by atomic mass is 16.4. The number of benzene rings is 2. The highest BCUT2D eigenvalue weighted by Crippen LogP contribution is 2.37. The molecule has 3 heteroatoms. The zero-order valence-electron chi connectivity index (χ0n) is 10.8. The number of carbonyl (C=O) groups is 1. The highest BCUT2D eigenvalue weighted by molar-refractivity contribution is 5.94. The lowest BCUT2D eigenvalue weighted by molar-refractivity contribution is 0.0697. The van der Waals surface area contributed by atoms with E-state index in [4.69, 9.17) is 10.2 Å². The minimum absolute atomic E-state index is 0.217. The van der Waals surface area contributed by atoms with Crippen LogP contribution in [0.3, 0.4) is 0 Å². The fourth-order valence-electron chi connectivity index (χ4n) is 2.26. The lowest BCUT2D eigenvalue weighted by Gasteiger charge is -2.00. The Bertz CT molecular complexity index is 737. The van der Waals surface area contributed by atoms with Crippen LogP contribution in [0.5, 0.6) is 0 Å². The third-order valence-corrected chi connectivity index (χ3v) is 3.65. The number of carboxylic acid groups (broad SMARTS) is 1. The number of carboxylic acids is 1. The van der Waals surface area contributed by atoms with E-state index in [0.717, 1.165) is 22.8 Å². The Balaban J connectivity index is 1.88. The number of aromatic carboxylic acids is 1. The summed E-state index contributed by atoms with van der Waals surface area (Å²) in [5.41, 5.74) is 1.21. The van der Waals surface area contributed by atoms with Crippen LogP contribution in [-0.4, -0.2) is 22.8 Å². The Kier molecular flexibility index (Phi) is 3.17. The predicted octanol–water partition coefficient (Wildman–Crippen LogP) is 2.52. The molecule has 1 fully saturated rings. The first kappa shape index (κ1) is 12.7. The third kappa shape index (κ3) is 2.52. The van der Waals surface area contributed by atoms with Crippen molar-refractivity contribution in [2.75, 3.05) is 6.61 Å². The summed E-state index contributed by atoms with van der Waals surface area (Å²) < 4.78 is 0. The van der Waals surface area contributed by atoms with Gasteiger partial charge in [0.15, 0.2) is 0 Å². The fraction of sp³-hybridized carbons (Fsp3) is 0.235. The summed E-state index contributed by atoms with van der Waals surface area (Å²) in [5.74, 6) is 6.04. The van der Waals surface area contributed by atoms with Gasteiger partial charge < -0.3 is 10.2 Å². The molecule has 2 aromatic carbocycles. The number of aliphatic hydroxyl groups is 1. The lowest BCUT2D eigenvalue weighted by Crippen LogP contribution is -1.95. The maximum Gasteiger partial charge on any atom is 0.335 e. The molecule has 2 atom stereocenters. The molecule has 1 unspecified atom stereocenters. The van der Waals surface area contributed by atoms with Gasteiger partial charge in [-0.2, -0.15) is 0 Å². The Morgan fingerprint density at radius 2 is 1.95 bits per heavy atom. The van der Waals surface area contributed by atoms with Crippen molar-refractivity contribution in [3.05, 3.63) is 47.5 Å². The Labute approximate surface area is 116 Å². The first-order valence-corrected chi connectivity index (χ1v) is 6.57. The van der Waals surface area contributed by atoms with Crippen LogP contribution in [0.4, 0.5) is 0 Å². The molecule has 3 nitrogen and oxygen atoms in total. The molecule has 3 rings (SSSR count). The summed E-state index contributed by atoms with van der Waals surface area (Å²) in [4.78, 5) is 10.9. The van der Waals surface area contributed by atoms with Gasteiger partial charge in [0.2, 0.25) is 0 Å². The number of fused-ring (bicyclic) bond motifs is 1. The van der Waals surface area contributed by atoms with Crippen molar-refractivity contribution in [1.82, 2.24) is 0 Å². The van der Waals surface area contributed by atoms with Crippen LogP contribution in [0.1, 0.15) is 22.3 Å². The van der Waals surface area contributed by atoms with Gasteiger partial charge in [0.05, 0.1) is 5.56 Å². The highest BCUT2D eigenvalue weighted by Gasteiger charge is 2.34. The van der Waals surface area contributed by atoms with Crippen LogP contribution in [0.2, 0.25) is 0 Å². The molecule has 0 spiro atoms. The van der Waals surface area contributed by atoms with E-state index in [-0.39, 0.29) is 6.61 Å². The van der Waals surface area contributed by atoms with Gasteiger partial charge in [-0.25, -0.2) is 4.79 Å². The molecule has 0 radical (unpaired) electrons. The lowest BCUT2D eigenvalue weighted by atomic mass is 10.0. The molecular formula is C17H14O3. The second kappa shape index (κ2) is 4.99. The second-order valence-electron chi connectivity index (χ2n) is 5.14. The van der Waals surface area contributed by atoms with Crippen molar-refractivity contribution in [3.63, 3.8) is 0 Å². The molecule has 0 bridgehead atoms. The van der Waals surface area contributed by atoms with Gasteiger partial charge in [-0.05, 0) is 47.4 Å². The Hall–Kier alpha value is -2.31. The van der Waals surface area contributed by atoms with Crippen molar-refractivity contribution in [3.8, 4) is 11.8 Å². The molecule has 0 heterocycles. The summed E-state index contributed by atoms with van der Waals surface area (Å²) in [6.45, 7) is 0.217. The van der Waals surface area contributed by atoms with E-state index in [1.165, 1.54) is 0 Å². The molecule has 0 aliphatic heterocycles. The van der Waals surface area contributed by atoms with Gasteiger partial charge in [0.1, 0.15) is 0 Å². The first-order chi connectivity index (χ1) is 9.67. The molecule has 2 aromatic rings. The summed E-state index contributed by atoms with van der Waals surface area (Å²) in [6, 6.07) is 10.8. The van der Waals surface area contributed by atoms with E-state index in [0.29, 0.717) is 17.4 Å². The average Bonchev–Trinajstić information content (AvgIpc) is 3.23. The van der Waals surface area contributed by atoms with Crippen molar-refractivity contribution in [1.29, 1.82) is 0 Å². The van der Waals surface area contributed by atoms with Crippen LogP contribution in [-0.2, 0) is 0 Å². The van der Waals surface area contributed by atoms with E-state index < -0.39 is 5.97 Å². The van der Waals surface area contributed by atoms with E-state index in [2.05, 4.69) is 11.8 Å². The van der Waals surface area contributed by atoms with Crippen LogP contribution >= 0.6 is 0 Å². The van der Waals surface area contributed by atoms with E-state index >= 15 is 0 Å². The fourth-order valence-corrected chi connectivity index (χ4v) is 2.26. The molecule has 1 saturated carbocycles. The molecule has 20 heavy (non-hydrogen) atoms. The van der Waals surface area contributed by atoms with Gasteiger partial charge >= 0.3 is 5.97 Å². The topological polar surface area (TPSA) is 57.5 Å². The number of hydrogen-bond acceptors (Lipinski definition) is 2. The van der Waals surface area contributed by atoms with Crippen LogP contribution < -0.4 is 0 Å². The molecule has 0 saturated heterocycles.